The SMILES string of the molecule is CN(C)CCNC(=O)C[C@H](Cn1cccc1)c1ccc(Cl)cc1. The third kappa shape index (κ3) is 6.08. The largest absolute Gasteiger partial charge is 0.355 e. The highest BCUT2D eigenvalue weighted by atomic mass is 35.5. The van der Waals surface area contributed by atoms with Crippen LogP contribution >= 0.6 is 11.6 Å². The third-order valence-corrected chi connectivity index (χ3v) is 4.00. The van der Waals surface area contributed by atoms with Gasteiger partial charge in [-0.3, -0.25) is 4.79 Å². The summed E-state index contributed by atoms with van der Waals surface area (Å²) in [5.74, 6) is 0.206. The van der Waals surface area contributed by atoms with Crippen molar-refractivity contribution in [2.45, 2.75) is 18.9 Å². The number of rotatable bonds is 8. The Morgan fingerprint density at radius 1 is 1.22 bits per heavy atom. The number of halogens is 1. The number of carbonyl (C=O) groups is 1. The number of nitrogens with zero attached hydrogens (tertiary/aromatic N) is 2. The van der Waals surface area contributed by atoms with E-state index < -0.39 is 0 Å². The van der Waals surface area contributed by atoms with Crippen LogP contribution in [-0.2, 0) is 11.3 Å². The molecule has 0 aliphatic rings. The van der Waals surface area contributed by atoms with Crippen LogP contribution in [0, 0.1) is 0 Å². The zero-order chi connectivity index (χ0) is 16.7. The Hall–Kier alpha value is -1.78. The molecule has 0 bridgehead atoms. The minimum absolute atomic E-state index is 0.0824. The van der Waals surface area contributed by atoms with Crippen molar-refractivity contribution < 1.29 is 4.79 Å². The second kappa shape index (κ2) is 8.75. The van der Waals surface area contributed by atoms with Gasteiger partial charge in [-0.25, -0.2) is 0 Å². The van der Waals surface area contributed by atoms with Gasteiger partial charge in [0.15, 0.2) is 0 Å². The van der Waals surface area contributed by atoms with Crippen LogP contribution in [0.25, 0.3) is 0 Å². The van der Waals surface area contributed by atoms with Crippen molar-refractivity contribution in [3.8, 4) is 0 Å². The van der Waals surface area contributed by atoms with E-state index in [1.165, 1.54) is 0 Å². The molecule has 1 atom stereocenters. The van der Waals surface area contributed by atoms with E-state index in [4.69, 9.17) is 11.6 Å². The molecule has 0 saturated carbocycles. The van der Waals surface area contributed by atoms with E-state index in [1.54, 1.807) is 0 Å². The van der Waals surface area contributed by atoms with Crippen molar-refractivity contribution in [1.82, 2.24) is 14.8 Å². The maximum atomic E-state index is 12.2. The topological polar surface area (TPSA) is 37.3 Å². The van der Waals surface area contributed by atoms with Gasteiger partial charge in [-0.2, -0.15) is 0 Å². The van der Waals surface area contributed by atoms with E-state index in [-0.39, 0.29) is 11.8 Å². The first kappa shape index (κ1) is 17.6. The molecule has 1 aromatic heterocycles. The summed E-state index contributed by atoms with van der Waals surface area (Å²) >= 11 is 5.97. The van der Waals surface area contributed by atoms with Crippen LogP contribution in [0.5, 0.6) is 0 Å². The number of benzene rings is 1. The van der Waals surface area contributed by atoms with Crippen LogP contribution in [-0.4, -0.2) is 42.6 Å². The van der Waals surface area contributed by atoms with Crippen molar-refractivity contribution in [3.63, 3.8) is 0 Å². The maximum absolute atomic E-state index is 12.2. The predicted molar refractivity (Wildman–Crippen MR) is 94.8 cm³/mol. The van der Waals surface area contributed by atoms with Gasteiger partial charge in [-0.15, -0.1) is 0 Å². The highest BCUT2D eigenvalue weighted by molar-refractivity contribution is 6.30. The first-order valence-corrected chi connectivity index (χ1v) is 8.20. The number of nitrogens with one attached hydrogen (secondary N) is 1. The van der Waals surface area contributed by atoms with Crippen molar-refractivity contribution >= 4 is 17.5 Å². The van der Waals surface area contributed by atoms with Crippen LogP contribution in [0.3, 0.4) is 0 Å². The van der Waals surface area contributed by atoms with Gasteiger partial charge in [0.05, 0.1) is 0 Å². The molecule has 0 aliphatic carbocycles. The first-order chi connectivity index (χ1) is 11.0. The standard InChI is InChI=1S/C18H24ClN3O/c1-21(2)12-9-20-18(23)13-16(14-22-10-3-4-11-22)15-5-7-17(19)8-6-15/h3-8,10-11,16H,9,12-14H2,1-2H3,(H,20,23)/t16-/m1/s1. The normalized spacial score (nSPS) is 12.3. The lowest BCUT2D eigenvalue weighted by Crippen LogP contribution is -2.32. The fourth-order valence-electron chi connectivity index (χ4n) is 2.48. The zero-order valence-electron chi connectivity index (χ0n) is 13.7. The molecule has 1 N–H and O–H groups in total. The molecule has 1 heterocycles. The fraction of sp³-hybridized carbons (Fsp3) is 0.389. The highest BCUT2D eigenvalue weighted by Crippen LogP contribution is 2.23. The molecule has 0 saturated heterocycles. The van der Waals surface area contributed by atoms with E-state index >= 15 is 0 Å². The van der Waals surface area contributed by atoms with Crippen LogP contribution in [0.4, 0.5) is 0 Å². The number of carbonyl (C=O) groups excluding carboxylic acids is 1. The van der Waals surface area contributed by atoms with Gasteiger partial charge in [0.1, 0.15) is 0 Å². The second-order valence-corrected chi connectivity index (χ2v) is 6.42. The number of hydrogen-bond acceptors (Lipinski definition) is 2. The van der Waals surface area contributed by atoms with Gasteiger partial charge in [0, 0.05) is 49.4 Å². The molecular weight excluding hydrogens is 310 g/mol. The van der Waals surface area contributed by atoms with Gasteiger partial charge >= 0.3 is 0 Å². The Morgan fingerprint density at radius 3 is 2.48 bits per heavy atom. The van der Waals surface area contributed by atoms with Crippen molar-refractivity contribution in [3.05, 3.63) is 59.4 Å². The summed E-state index contributed by atoms with van der Waals surface area (Å²) < 4.78 is 2.10. The van der Waals surface area contributed by atoms with Crippen molar-refractivity contribution in [2.75, 3.05) is 27.2 Å². The summed E-state index contributed by atoms with van der Waals surface area (Å²) in [4.78, 5) is 14.3. The molecular formula is C18H24ClN3O. The zero-order valence-corrected chi connectivity index (χ0v) is 14.5. The van der Waals surface area contributed by atoms with Gasteiger partial charge in [-0.1, -0.05) is 23.7 Å². The molecule has 2 rings (SSSR count). The highest BCUT2D eigenvalue weighted by Gasteiger charge is 2.16. The van der Waals surface area contributed by atoms with Gasteiger partial charge in [-0.05, 0) is 43.9 Å². The Balaban J connectivity index is 2.01. The molecule has 23 heavy (non-hydrogen) atoms. The quantitative estimate of drug-likeness (QED) is 0.806. The minimum Gasteiger partial charge on any atom is -0.355 e. The van der Waals surface area contributed by atoms with Crippen molar-refractivity contribution in [2.24, 2.45) is 0 Å². The van der Waals surface area contributed by atoms with E-state index in [1.807, 2.05) is 62.9 Å². The van der Waals surface area contributed by atoms with E-state index in [9.17, 15) is 4.79 Å². The Kier molecular flexibility index (Phi) is 6.68. The molecule has 0 aliphatic heterocycles. The lowest BCUT2D eigenvalue weighted by molar-refractivity contribution is -0.121. The monoisotopic (exact) mass is 333 g/mol. The maximum Gasteiger partial charge on any atom is 0.220 e. The van der Waals surface area contributed by atoms with Gasteiger partial charge in [0.2, 0.25) is 5.91 Å². The minimum atomic E-state index is 0.0824. The molecule has 0 radical (unpaired) electrons. The number of likely N-dealkylation sites (N-methyl/N-ethyl adjacent to an activating group) is 1. The van der Waals surface area contributed by atoms with E-state index in [2.05, 4.69) is 14.8 Å². The van der Waals surface area contributed by atoms with Crippen LogP contribution in [0.2, 0.25) is 5.02 Å². The predicted octanol–water partition coefficient (Wildman–Crippen LogP) is 2.99. The molecule has 124 valence electrons. The second-order valence-electron chi connectivity index (χ2n) is 5.99. The Morgan fingerprint density at radius 2 is 1.87 bits per heavy atom. The van der Waals surface area contributed by atoms with Crippen LogP contribution in [0.1, 0.15) is 17.9 Å². The lowest BCUT2D eigenvalue weighted by Gasteiger charge is -2.19. The van der Waals surface area contributed by atoms with E-state index in [0.717, 1.165) is 18.7 Å². The average molecular weight is 334 g/mol. The summed E-state index contributed by atoms with van der Waals surface area (Å²) in [7, 11) is 3.99. The summed E-state index contributed by atoms with van der Waals surface area (Å²) in [6.07, 6.45) is 4.51. The third-order valence-electron chi connectivity index (χ3n) is 3.75. The molecule has 0 unspecified atom stereocenters. The molecule has 1 amide bonds. The van der Waals surface area contributed by atoms with Crippen LogP contribution in [0.15, 0.2) is 48.8 Å². The Bertz CT molecular complexity index is 593. The molecule has 2 aromatic rings. The van der Waals surface area contributed by atoms with Crippen molar-refractivity contribution in [1.29, 1.82) is 0 Å². The average Bonchev–Trinajstić information content (AvgIpc) is 3.00. The summed E-state index contributed by atoms with van der Waals surface area (Å²) in [5.41, 5.74) is 1.13. The Labute approximate surface area is 143 Å². The smallest absolute Gasteiger partial charge is 0.220 e. The molecule has 0 fully saturated rings. The molecule has 5 heteroatoms. The van der Waals surface area contributed by atoms with Crippen LogP contribution < -0.4 is 5.32 Å². The molecule has 0 spiro atoms. The molecule has 1 aromatic carbocycles. The lowest BCUT2D eigenvalue weighted by atomic mass is 9.95. The first-order valence-electron chi connectivity index (χ1n) is 7.82. The molecule has 4 nitrogen and oxygen atoms in total. The number of aromatic nitrogens is 1. The summed E-state index contributed by atoms with van der Waals surface area (Å²) in [6.45, 7) is 2.29. The van der Waals surface area contributed by atoms with Gasteiger partial charge in [0.25, 0.3) is 0 Å². The number of hydrogen-bond donors (Lipinski definition) is 1. The van der Waals surface area contributed by atoms with E-state index in [0.29, 0.717) is 18.0 Å². The van der Waals surface area contributed by atoms with Gasteiger partial charge < -0.3 is 14.8 Å². The summed E-state index contributed by atoms with van der Waals surface area (Å²) in [6, 6.07) is 11.8. The number of amides is 1. The fourth-order valence-corrected chi connectivity index (χ4v) is 2.61. The summed E-state index contributed by atoms with van der Waals surface area (Å²) in [5, 5.41) is 3.70.